The Hall–Kier alpha value is -3.57. The Morgan fingerprint density at radius 3 is 2.15 bits per heavy atom. The van der Waals surface area contributed by atoms with E-state index < -0.39 is 0 Å². The van der Waals surface area contributed by atoms with Crippen molar-refractivity contribution >= 4 is 49.1 Å². The van der Waals surface area contributed by atoms with E-state index in [4.69, 9.17) is 9.40 Å². The maximum atomic E-state index is 12.2. The summed E-state index contributed by atoms with van der Waals surface area (Å²) in [7, 11) is 0. The van der Waals surface area contributed by atoms with Gasteiger partial charge in [0, 0.05) is 64.8 Å². The number of furan rings is 1. The largest absolute Gasteiger partial charge is 0.512 e. The van der Waals surface area contributed by atoms with E-state index in [1.54, 1.807) is 11.3 Å². The zero-order chi connectivity index (χ0) is 39.6. The van der Waals surface area contributed by atoms with Gasteiger partial charge in [-0.1, -0.05) is 117 Å². The second kappa shape index (κ2) is 17.7. The average molecular weight is 935 g/mol. The van der Waals surface area contributed by atoms with Crippen LogP contribution in [0.5, 0.6) is 0 Å². The molecule has 1 radical (unpaired) electrons. The Kier molecular flexibility index (Phi) is 14.2. The molecule has 3 aromatic heterocycles. The Morgan fingerprint density at radius 2 is 1.53 bits per heavy atom. The van der Waals surface area contributed by atoms with Crippen LogP contribution in [0.4, 0.5) is 0 Å². The third-order valence-electron chi connectivity index (χ3n) is 11.6. The molecule has 295 valence electrons. The first-order chi connectivity index (χ1) is 25.4. The van der Waals surface area contributed by atoms with Crippen LogP contribution in [0.3, 0.4) is 0 Å². The van der Waals surface area contributed by atoms with Crippen molar-refractivity contribution in [3.63, 3.8) is 0 Å². The molecule has 0 atom stereocenters. The molecule has 0 unspecified atom stereocenters. The molecule has 3 heterocycles. The Bertz CT molecular complexity index is 2290. The Labute approximate surface area is 347 Å². The number of hydrogen-bond donors (Lipinski definition) is 1. The number of aryl methyl sites for hydroxylation is 1. The number of hydrogen-bond acceptors (Lipinski definition) is 5. The van der Waals surface area contributed by atoms with Crippen molar-refractivity contribution in [3.8, 4) is 22.4 Å². The molecule has 0 spiro atoms. The molecule has 0 fully saturated rings. The quantitative estimate of drug-likeness (QED) is 0.0799. The van der Waals surface area contributed by atoms with Gasteiger partial charge in [-0.2, -0.15) is 0 Å². The zero-order valence-corrected chi connectivity index (χ0v) is 38.2. The third kappa shape index (κ3) is 9.70. The summed E-state index contributed by atoms with van der Waals surface area (Å²) in [6.07, 6.45) is 5.70. The second-order valence-corrected chi connectivity index (χ2v) is 18.3. The molecular formula is C49H60IrNO3S-. The van der Waals surface area contributed by atoms with Gasteiger partial charge in [-0.15, -0.1) is 40.5 Å². The number of allylic oxidation sites excluding steroid dienone is 2. The van der Waals surface area contributed by atoms with Gasteiger partial charge in [-0.05, 0) is 79.3 Å². The number of aliphatic hydroxyl groups is 1. The van der Waals surface area contributed by atoms with Crippen LogP contribution in [-0.4, -0.2) is 15.9 Å². The molecule has 0 aliphatic rings. The number of benzene rings is 3. The van der Waals surface area contributed by atoms with Crippen molar-refractivity contribution in [1.82, 2.24) is 4.98 Å². The summed E-state index contributed by atoms with van der Waals surface area (Å²) in [5.41, 5.74) is 6.08. The van der Waals surface area contributed by atoms with Crippen molar-refractivity contribution in [1.29, 1.82) is 0 Å². The molecule has 0 aliphatic heterocycles. The van der Waals surface area contributed by atoms with Crippen LogP contribution < -0.4 is 0 Å². The number of thiophene rings is 1. The number of carbonyl (C=O) groups excluding carboxylic acids is 1. The summed E-state index contributed by atoms with van der Waals surface area (Å²) in [4.78, 5) is 19.7. The number of aromatic nitrogens is 1. The fraction of sp³-hybridized carbons (Fsp3) is 0.429. The monoisotopic (exact) mass is 935 g/mol. The van der Waals surface area contributed by atoms with Gasteiger partial charge >= 0.3 is 0 Å². The van der Waals surface area contributed by atoms with E-state index in [2.05, 4.69) is 114 Å². The van der Waals surface area contributed by atoms with Crippen molar-refractivity contribution < 1.29 is 34.4 Å². The van der Waals surface area contributed by atoms with Gasteiger partial charge in [0.2, 0.25) is 0 Å². The van der Waals surface area contributed by atoms with E-state index in [0.29, 0.717) is 5.92 Å². The van der Waals surface area contributed by atoms with Gasteiger partial charge in [0.25, 0.3) is 0 Å². The van der Waals surface area contributed by atoms with E-state index in [0.717, 1.165) is 70.3 Å². The molecule has 0 bridgehead atoms. The number of ketones is 1. The minimum absolute atomic E-state index is 0. The first-order valence-electron chi connectivity index (χ1n) is 19.8. The van der Waals surface area contributed by atoms with Gasteiger partial charge in [-0.25, -0.2) is 0 Å². The second-order valence-electron chi connectivity index (χ2n) is 17.0. The summed E-state index contributed by atoms with van der Waals surface area (Å²) >= 11 is 1.75. The van der Waals surface area contributed by atoms with Crippen LogP contribution in [0.15, 0.2) is 83.0 Å². The van der Waals surface area contributed by atoms with Crippen molar-refractivity contribution in [2.45, 2.75) is 121 Å². The Balaban J connectivity index is 0.000000320. The van der Waals surface area contributed by atoms with E-state index in [1.165, 1.54) is 38.4 Å². The molecule has 55 heavy (non-hydrogen) atoms. The zero-order valence-electron chi connectivity index (χ0n) is 35.0. The fourth-order valence-electron chi connectivity index (χ4n) is 6.95. The van der Waals surface area contributed by atoms with Crippen molar-refractivity contribution in [2.24, 2.45) is 16.7 Å². The SMILES string of the molecule is CCC(C)(CC)C(=O)/C=C(\O)C(C)(CC)CC.Cc1cc2c(-c3ccc4oc(CC(C)C)cc4c3)cc(-c3[c-]c4ccccc4c(C(C)(C)C)c3)nc2s1.[Ir]. The van der Waals surface area contributed by atoms with E-state index >= 15 is 0 Å². The summed E-state index contributed by atoms with van der Waals surface area (Å²) in [6, 6.07) is 27.8. The molecule has 0 aliphatic carbocycles. The Morgan fingerprint density at radius 1 is 0.873 bits per heavy atom. The average Bonchev–Trinajstić information content (AvgIpc) is 3.73. The number of fused-ring (bicyclic) bond motifs is 3. The molecule has 6 rings (SSSR count). The minimum atomic E-state index is -0.337. The number of carbonyl (C=O) groups is 1. The smallest absolute Gasteiger partial charge is 0.164 e. The molecule has 0 amide bonds. The predicted molar refractivity (Wildman–Crippen MR) is 232 cm³/mol. The van der Waals surface area contributed by atoms with Gasteiger partial charge < -0.3 is 9.52 Å². The molecule has 0 saturated carbocycles. The molecule has 6 heteroatoms. The fourth-order valence-corrected chi connectivity index (χ4v) is 7.86. The molecule has 6 aromatic rings. The maximum absolute atomic E-state index is 12.2. The van der Waals surface area contributed by atoms with Crippen LogP contribution in [0.25, 0.3) is 54.3 Å². The van der Waals surface area contributed by atoms with Gasteiger partial charge in [0.15, 0.2) is 5.78 Å². The molecule has 3 aromatic carbocycles. The number of aliphatic hydroxyl groups excluding tert-OH is 1. The van der Waals surface area contributed by atoms with Crippen LogP contribution in [0.2, 0.25) is 0 Å². The summed E-state index contributed by atoms with van der Waals surface area (Å²) in [5, 5.41) is 14.9. The van der Waals surface area contributed by atoms with Crippen LogP contribution in [0.1, 0.15) is 118 Å². The number of rotatable bonds is 11. The van der Waals surface area contributed by atoms with Crippen molar-refractivity contribution in [2.75, 3.05) is 0 Å². The number of nitrogens with zero attached hydrogens (tertiary/aromatic N) is 1. The first kappa shape index (κ1) is 44.1. The summed E-state index contributed by atoms with van der Waals surface area (Å²) in [6.45, 7) is 25.5. The predicted octanol–water partition coefficient (Wildman–Crippen LogP) is 14.8. The van der Waals surface area contributed by atoms with Crippen LogP contribution >= 0.6 is 11.3 Å². The summed E-state index contributed by atoms with van der Waals surface area (Å²) in [5.74, 6) is 1.90. The van der Waals surface area contributed by atoms with Crippen LogP contribution in [0, 0.1) is 29.7 Å². The van der Waals surface area contributed by atoms with Crippen LogP contribution in [-0.2, 0) is 36.7 Å². The topological polar surface area (TPSA) is 63.3 Å². The summed E-state index contributed by atoms with van der Waals surface area (Å²) < 4.78 is 6.12. The standard InChI is InChI=1S/C34H32NOS.C15H28O2.Ir/c1-20(2)13-26-17-25-16-23(11-12-32(25)36-26)28-19-31(35-33-29(28)14-21(3)37-33)24-15-22-9-7-8-10-27(22)30(18-24)34(4,5)6;1-7-14(5,8-2)12(16)11-13(17)15(6,9-3)10-4;/h7-12,14,16-20H,13H2,1-6H3;11,16H,7-10H2,1-6H3;/q-1;;/b;12-11-;. The van der Waals surface area contributed by atoms with E-state index in [1.807, 2.05) is 41.5 Å². The molecule has 0 saturated heterocycles. The van der Waals surface area contributed by atoms with Gasteiger partial charge in [0.1, 0.15) is 21.9 Å². The molecule has 1 N–H and O–H groups in total. The molecule has 4 nitrogen and oxygen atoms in total. The minimum Gasteiger partial charge on any atom is -0.512 e. The van der Waals surface area contributed by atoms with Gasteiger partial charge in [0.05, 0.1) is 0 Å². The van der Waals surface area contributed by atoms with E-state index in [-0.39, 0.29) is 47.9 Å². The first-order valence-corrected chi connectivity index (χ1v) is 20.6. The number of pyridine rings is 1. The van der Waals surface area contributed by atoms with E-state index in [9.17, 15) is 9.90 Å². The van der Waals surface area contributed by atoms with Crippen molar-refractivity contribution in [3.05, 3.63) is 101 Å². The normalized spacial score (nSPS) is 12.6. The molecular weight excluding hydrogens is 875 g/mol. The third-order valence-corrected chi connectivity index (χ3v) is 12.5. The maximum Gasteiger partial charge on any atom is 0.164 e. The van der Waals surface area contributed by atoms with Gasteiger partial charge in [-0.3, -0.25) is 9.78 Å².